The van der Waals surface area contributed by atoms with Gasteiger partial charge >= 0.3 is 0 Å². The molecule has 0 aliphatic rings. The average Bonchev–Trinajstić information content (AvgIpc) is 2.43. The van der Waals surface area contributed by atoms with E-state index in [9.17, 15) is 8.78 Å². The molecule has 0 saturated heterocycles. The molecule has 2 aromatic carbocycles. The predicted octanol–water partition coefficient (Wildman–Crippen LogP) is 4.52. The smallest absolute Gasteiger partial charge is 0.145 e. The van der Waals surface area contributed by atoms with Crippen LogP contribution in [0.25, 0.3) is 0 Å². The first-order valence-corrected chi connectivity index (χ1v) is 6.69. The molecule has 0 saturated carbocycles. The first-order chi connectivity index (χ1) is 9.52. The van der Waals surface area contributed by atoms with Crippen molar-refractivity contribution in [2.24, 2.45) is 0 Å². The van der Waals surface area contributed by atoms with Crippen LogP contribution in [0.3, 0.4) is 0 Å². The molecule has 2 aromatic rings. The second kappa shape index (κ2) is 6.02. The van der Waals surface area contributed by atoms with Crippen LogP contribution < -0.4 is 5.32 Å². The fourth-order valence-electron chi connectivity index (χ4n) is 1.83. The maximum atomic E-state index is 13.9. The summed E-state index contributed by atoms with van der Waals surface area (Å²) in [6.07, 6.45) is 0. The van der Waals surface area contributed by atoms with Crippen molar-refractivity contribution in [2.75, 3.05) is 5.32 Å². The van der Waals surface area contributed by atoms with Crippen molar-refractivity contribution < 1.29 is 8.78 Å². The van der Waals surface area contributed by atoms with Crippen LogP contribution in [0, 0.1) is 29.9 Å². The number of benzene rings is 2. The highest BCUT2D eigenvalue weighted by Crippen LogP contribution is 2.25. The van der Waals surface area contributed by atoms with Crippen molar-refractivity contribution >= 4 is 21.6 Å². The van der Waals surface area contributed by atoms with Gasteiger partial charge in [0.1, 0.15) is 17.7 Å². The van der Waals surface area contributed by atoms with Crippen LogP contribution in [0.4, 0.5) is 14.5 Å². The molecule has 102 valence electrons. The topological polar surface area (TPSA) is 35.8 Å². The fourth-order valence-corrected chi connectivity index (χ4v) is 2.17. The Kier molecular flexibility index (Phi) is 4.35. The monoisotopic (exact) mass is 336 g/mol. The van der Waals surface area contributed by atoms with Gasteiger partial charge in [0.15, 0.2) is 0 Å². The van der Waals surface area contributed by atoms with E-state index >= 15 is 0 Å². The Morgan fingerprint density at radius 2 is 2.05 bits per heavy atom. The zero-order chi connectivity index (χ0) is 14.7. The van der Waals surface area contributed by atoms with E-state index in [1.165, 1.54) is 12.1 Å². The third kappa shape index (κ3) is 2.97. The molecule has 0 heterocycles. The van der Waals surface area contributed by atoms with E-state index in [2.05, 4.69) is 21.2 Å². The molecule has 0 radical (unpaired) electrons. The van der Waals surface area contributed by atoms with Crippen molar-refractivity contribution in [1.29, 1.82) is 5.26 Å². The quantitative estimate of drug-likeness (QED) is 0.894. The summed E-state index contributed by atoms with van der Waals surface area (Å²) in [5, 5.41) is 11.8. The Bertz CT molecular complexity index is 693. The zero-order valence-corrected chi connectivity index (χ0v) is 12.3. The highest BCUT2D eigenvalue weighted by molar-refractivity contribution is 9.10. The van der Waals surface area contributed by atoms with Crippen LogP contribution >= 0.6 is 15.9 Å². The summed E-state index contributed by atoms with van der Waals surface area (Å²) in [5.41, 5.74) is 1.84. The van der Waals surface area contributed by atoms with E-state index in [-0.39, 0.29) is 17.9 Å². The molecular weight excluding hydrogens is 326 g/mol. The van der Waals surface area contributed by atoms with E-state index in [0.717, 1.165) is 5.56 Å². The van der Waals surface area contributed by atoms with Crippen molar-refractivity contribution in [3.05, 3.63) is 63.1 Å². The molecule has 1 N–H and O–H groups in total. The number of nitrogens with one attached hydrogen (secondary N) is 1. The van der Waals surface area contributed by atoms with Crippen molar-refractivity contribution in [2.45, 2.75) is 13.5 Å². The molecule has 0 unspecified atom stereocenters. The Labute approximate surface area is 124 Å². The lowest BCUT2D eigenvalue weighted by Crippen LogP contribution is -2.04. The second-order valence-corrected chi connectivity index (χ2v) is 5.18. The minimum Gasteiger partial charge on any atom is -0.381 e. The molecule has 0 aliphatic carbocycles. The molecule has 0 aliphatic heterocycles. The average molecular weight is 337 g/mol. The van der Waals surface area contributed by atoms with Crippen LogP contribution in [0.1, 0.15) is 16.7 Å². The first-order valence-electron chi connectivity index (χ1n) is 5.90. The highest BCUT2D eigenvalue weighted by Gasteiger charge is 2.09. The maximum absolute atomic E-state index is 13.9. The lowest BCUT2D eigenvalue weighted by atomic mass is 10.1. The van der Waals surface area contributed by atoms with Crippen LogP contribution in [0.15, 0.2) is 34.8 Å². The van der Waals surface area contributed by atoms with E-state index < -0.39 is 5.82 Å². The number of halogens is 3. The van der Waals surface area contributed by atoms with Gasteiger partial charge in [0.05, 0.1) is 10.0 Å². The van der Waals surface area contributed by atoms with Crippen LogP contribution in [-0.2, 0) is 6.54 Å². The number of hydrogen-bond donors (Lipinski definition) is 1. The normalized spacial score (nSPS) is 10.2. The third-order valence-corrected chi connectivity index (χ3v) is 3.54. The van der Waals surface area contributed by atoms with E-state index in [0.29, 0.717) is 15.7 Å². The van der Waals surface area contributed by atoms with E-state index in [4.69, 9.17) is 5.26 Å². The van der Waals surface area contributed by atoms with Gasteiger partial charge in [0.2, 0.25) is 0 Å². The number of hydrogen-bond acceptors (Lipinski definition) is 2. The van der Waals surface area contributed by atoms with Gasteiger partial charge in [-0.1, -0.05) is 12.1 Å². The largest absolute Gasteiger partial charge is 0.381 e. The molecule has 20 heavy (non-hydrogen) atoms. The highest BCUT2D eigenvalue weighted by atomic mass is 79.9. The van der Waals surface area contributed by atoms with Crippen molar-refractivity contribution in [1.82, 2.24) is 0 Å². The van der Waals surface area contributed by atoms with Gasteiger partial charge in [-0.15, -0.1) is 0 Å². The Morgan fingerprint density at radius 3 is 2.75 bits per heavy atom. The summed E-state index contributed by atoms with van der Waals surface area (Å²) in [6, 6.07) is 9.48. The Hall–Kier alpha value is -1.93. The molecule has 0 atom stereocenters. The van der Waals surface area contributed by atoms with Gasteiger partial charge in [-0.3, -0.25) is 0 Å². The predicted molar refractivity (Wildman–Crippen MR) is 77.3 cm³/mol. The third-order valence-electron chi connectivity index (χ3n) is 2.94. The van der Waals surface area contributed by atoms with Crippen LogP contribution in [0.5, 0.6) is 0 Å². The van der Waals surface area contributed by atoms with Gasteiger partial charge < -0.3 is 5.32 Å². The molecule has 0 fully saturated rings. The summed E-state index contributed by atoms with van der Waals surface area (Å²) in [6.45, 7) is 1.99. The molecule has 0 bridgehead atoms. The van der Waals surface area contributed by atoms with Gasteiger partial charge in [0.25, 0.3) is 0 Å². The Morgan fingerprint density at radius 1 is 1.30 bits per heavy atom. The molecule has 0 amide bonds. The van der Waals surface area contributed by atoms with Crippen LogP contribution in [0.2, 0.25) is 0 Å². The van der Waals surface area contributed by atoms with Crippen LogP contribution in [-0.4, -0.2) is 0 Å². The molecule has 0 aromatic heterocycles. The minimum absolute atomic E-state index is 0.0151. The maximum Gasteiger partial charge on any atom is 0.145 e. The number of nitrogens with zero attached hydrogens (tertiary/aromatic N) is 1. The fraction of sp³-hybridized carbons (Fsp3) is 0.133. The standard InChI is InChI=1S/C15H11BrF2N2/c1-9-5-13(17)12(16)6-14(9)20-8-11-4-2-3-10(7-19)15(11)18/h2-6,20H,8H2,1H3. The summed E-state index contributed by atoms with van der Waals surface area (Å²) < 4.78 is 27.5. The molecule has 5 heteroatoms. The molecule has 0 spiro atoms. The molecule has 2 nitrogen and oxygen atoms in total. The van der Waals surface area contributed by atoms with Gasteiger partial charge in [-0.25, -0.2) is 8.78 Å². The number of nitriles is 1. The lowest BCUT2D eigenvalue weighted by molar-refractivity contribution is 0.608. The van der Waals surface area contributed by atoms with Gasteiger partial charge in [-0.05, 0) is 46.6 Å². The van der Waals surface area contributed by atoms with Gasteiger partial charge in [0, 0.05) is 17.8 Å². The minimum atomic E-state index is -0.527. The zero-order valence-electron chi connectivity index (χ0n) is 10.7. The second-order valence-electron chi connectivity index (χ2n) is 4.33. The summed E-state index contributed by atoms with van der Waals surface area (Å²) in [5.74, 6) is -0.868. The summed E-state index contributed by atoms with van der Waals surface area (Å²) in [4.78, 5) is 0. The summed E-state index contributed by atoms with van der Waals surface area (Å²) >= 11 is 3.11. The lowest BCUT2D eigenvalue weighted by Gasteiger charge is -2.11. The SMILES string of the molecule is Cc1cc(F)c(Br)cc1NCc1cccc(C#N)c1F. The Balaban J connectivity index is 2.22. The van der Waals surface area contributed by atoms with Gasteiger partial charge in [-0.2, -0.15) is 5.26 Å². The van der Waals surface area contributed by atoms with E-state index in [1.807, 2.05) is 0 Å². The molecular formula is C15H11BrF2N2. The summed E-state index contributed by atoms with van der Waals surface area (Å²) in [7, 11) is 0. The number of anilines is 1. The number of aryl methyl sites for hydroxylation is 1. The van der Waals surface area contributed by atoms with E-state index in [1.54, 1.807) is 31.2 Å². The number of rotatable bonds is 3. The van der Waals surface area contributed by atoms with Crippen molar-refractivity contribution in [3.63, 3.8) is 0 Å². The molecule has 2 rings (SSSR count). The van der Waals surface area contributed by atoms with Crippen molar-refractivity contribution in [3.8, 4) is 6.07 Å². The first kappa shape index (κ1) is 14.5.